The van der Waals surface area contributed by atoms with Crippen LogP contribution in [0.3, 0.4) is 0 Å². The predicted octanol–water partition coefficient (Wildman–Crippen LogP) is 1.07. The van der Waals surface area contributed by atoms with Gasteiger partial charge in [-0.1, -0.05) is 12.1 Å². The molecule has 1 aromatic carbocycles. The number of rotatable bonds is 5. The summed E-state index contributed by atoms with van der Waals surface area (Å²) in [5.41, 5.74) is 0.864. The molecule has 0 aromatic heterocycles. The number of benzene rings is 1. The van der Waals surface area contributed by atoms with Crippen LogP contribution in [0.25, 0.3) is 0 Å². The lowest BCUT2D eigenvalue weighted by Gasteiger charge is -2.24. The lowest BCUT2D eigenvalue weighted by molar-refractivity contribution is -0.125. The maximum atomic E-state index is 12.0. The first-order valence-corrected chi connectivity index (χ1v) is 9.17. The van der Waals surface area contributed by atoms with Crippen molar-refractivity contribution in [3.63, 3.8) is 0 Å². The van der Waals surface area contributed by atoms with Gasteiger partial charge in [-0.3, -0.25) is 4.79 Å². The van der Waals surface area contributed by atoms with E-state index in [1.807, 2.05) is 6.92 Å². The first kappa shape index (κ1) is 19.9. The summed E-state index contributed by atoms with van der Waals surface area (Å²) in [5, 5.41) is 6.09. The molecule has 2 rings (SSSR count). The van der Waals surface area contributed by atoms with Crippen molar-refractivity contribution in [2.24, 2.45) is 0 Å². The van der Waals surface area contributed by atoms with Crippen LogP contribution in [0.5, 0.6) is 0 Å². The van der Waals surface area contributed by atoms with E-state index in [9.17, 15) is 13.2 Å². The van der Waals surface area contributed by atoms with Crippen LogP contribution in [0.15, 0.2) is 29.2 Å². The van der Waals surface area contributed by atoms with E-state index in [0.29, 0.717) is 19.6 Å². The average Bonchev–Trinajstić information content (AvgIpc) is 2.47. The second-order valence-electron chi connectivity index (χ2n) is 5.53. The molecule has 1 aliphatic rings. The second-order valence-corrected chi connectivity index (χ2v) is 7.55. The van der Waals surface area contributed by atoms with Crippen LogP contribution in [0, 0.1) is 0 Å². The fourth-order valence-electron chi connectivity index (χ4n) is 2.35. The zero-order valence-corrected chi connectivity index (χ0v) is 14.9. The highest BCUT2D eigenvalue weighted by Crippen LogP contribution is 2.16. The van der Waals surface area contributed by atoms with Gasteiger partial charge in [0.1, 0.15) is 0 Å². The molecule has 1 aliphatic heterocycles. The maximum absolute atomic E-state index is 12.0. The summed E-state index contributed by atoms with van der Waals surface area (Å²) in [6, 6.07) is 6.38. The first-order chi connectivity index (χ1) is 10.4. The number of carbonyl (C=O) groups is 1. The molecule has 8 heteroatoms. The second kappa shape index (κ2) is 8.63. The molecule has 23 heavy (non-hydrogen) atoms. The summed E-state index contributed by atoms with van der Waals surface area (Å²) in [4.78, 5) is 12.3. The molecule has 1 aromatic rings. The lowest BCUT2D eigenvalue weighted by atomic mass is 10.1. The zero-order chi connectivity index (χ0) is 16.2. The summed E-state index contributed by atoms with van der Waals surface area (Å²) in [7, 11) is -3.20. The molecule has 130 valence electrons. The summed E-state index contributed by atoms with van der Waals surface area (Å²) < 4.78 is 28.3. The highest BCUT2D eigenvalue weighted by atomic mass is 35.5. The third-order valence-corrected chi connectivity index (χ3v) is 4.73. The van der Waals surface area contributed by atoms with E-state index in [4.69, 9.17) is 4.74 Å². The fourth-order valence-corrected chi connectivity index (χ4v) is 2.98. The van der Waals surface area contributed by atoms with Gasteiger partial charge in [-0.25, -0.2) is 8.42 Å². The maximum Gasteiger partial charge on any atom is 0.223 e. The van der Waals surface area contributed by atoms with Gasteiger partial charge in [0.05, 0.1) is 30.1 Å². The number of morpholine rings is 1. The van der Waals surface area contributed by atoms with Gasteiger partial charge in [0.15, 0.2) is 9.84 Å². The quantitative estimate of drug-likeness (QED) is 0.818. The molecule has 2 atom stereocenters. The number of carbonyl (C=O) groups excluding carboxylic acids is 1. The number of halogens is 1. The fraction of sp³-hybridized carbons (Fsp3) is 0.533. The predicted molar refractivity (Wildman–Crippen MR) is 90.6 cm³/mol. The van der Waals surface area contributed by atoms with Gasteiger partial charge in [0.25, 0.3) is 0 Å². The number of hydrogen-bond donors (Lipinski definition) is 2. The Balaban J connectivity index is 0.00000264. The van der Waals surface area contributed by atoms with E-state index in [1.54, 1.807) is 24.3 Å². The van der Waals surface area contributed by atoms with Crippen molar-refractivity contribution in [2.45, 2.75) is 30.4 Å². The Labute approximate surface area is 143 Å². The molecular weight excluding hydrogens is 340 g/mol. The molecule has 6 nitrogen and oxygen atoms in total. The van der Waals surface area contributed by atoms with Crippen molar-refractivity contribution in [2.75, 3.05) is 26.0 Å². The molecule has 0 radical (unpaired) electrons. The van der Waals surface area contributed by atoms with E-state index in [1.165, 1.54) is 6.26 Å². The van der Waals surface area contributed by atoms with Gasteiger partial charge in [-0.05, 0) is 24.6 Å². The van der Waals surface area contributed by atoms with Crippen LogP contribution in [0.2, 0.25) is 0 Å². The average molecular weight is 363 g/mol. The Kier molecular flexibility index (Phi) is 7.47. The smallest absolute Gasteiger partial charge is 0.223 e. The molecule has 1 amide bonds. The van der Waals surface area contributed by atoms with E-state index in [-0.39, 0.29) is 35.4 Å². The zero-order valence-electron chi connectivity index (χ0n) is 13.2. The molecule has 1 saturated heterocycles. The van der Waals surface area contributed by atoms with Crippen molar-refractivity contribution in [1.29, 1.82) is 0 Å². The Morgan fingerprint density at radius 1 is 1.39 bits per heavy atom. The molecular formula is C15H23ClN2O4S. The standard InChI is InChI=1S/C15H22N2O4S.ClH/c1-11(12-3-5-14(6-4-12)22(2,19)20)17-15(18)9-13-10-16-7-8-21-13;/h3-6,11,13,16H,7-10H2,1-2H3,(H,17,18);1H. The minimum Gasteiger partial charge on any atom is -0.375 e. The minimum absolute atomic E-state index is 0. The summed E-state index contributed by atoms with van der Waals surface area (Å²) in [6.07, 6.45) is 1.40. The Hall–Kier alpha value is -1.15. The third-order valence-electron chi connectivity index (χ3n) is 3.60. The van der Waals surface area contributed by atoms with Gasteiger partial charge in [-0.2, -0.15) is 0 Å². The molecule has 0 bridgehead atoms. The van der Waals surface area contributed by atoms with Crippen LogP contribution in [0.4, 0.5) is 0 Å². The van der Waals surface area contributed by atoms with Crippen molar-refractivity contribution >= 4 is 28.2 Å². The Morgan fingerprint density at radius 3 is 2.57 bits per heavy atom. The van der Waals surface area contributed by atoms with Crippen molar-refractivity contribution < 1.29 is 17.9 Å². The molecule has 0 saturated carbocycles. The highest BCUT2D eigenvalue weighted by Gasteiger charge is 2.19. The lowest BCUT2D eigenvalue weighted by Crippen LogP contribution is -2.41. The molecule has 2 N–H and O–H groups in total. The number of hydrogen-bond acceptors (Lipinski definition) is 5. The Morgan fingerprint density at radius 2 is 2.04 bits per heavy atom. The summed E-state index contributed by atoms with van der Waals surface area (Å²) >= 11 is 0. The molecule has 1 heterocycles. The van der Waals surface area contributed by atoms with Crippen molar-refractivity contribution in [3.05, 3.63) is 29.8 Å². The van der Waals surface area contributed by atoms with Gasteiger partial charge in [0.2, 0.25) is 5.91 Å². The number of nitrogens with one attached hydrogen (secondary N) is 2. The molecule has 0 spiro atoms. The molecule has 1 fully saturated rings. The van der Waals surface area contributed by atoms with E-state index >= 15 is 0 Å². The van der Waals surface area contributed by atoms with E-state index < -0.39 is 9.84 Å². The van der Waals surface area contributed by atoms with Crippen molar-refractivity contribution in [3.8, 4) is 0 Å². The van der Waals surface area contributed by atoms with Gasteiger partial charge in [0, 0.05) is 19.3 Å². The van der Waals surface area contributed by atoms with E-state index in [2.05, 4.69) is 10.6 Å². The SMILES string of the molecule is CC(NC(=O)CC1CNCCO1)c1ccc(S(C)(=O)=O)cc1.Cl. The molecule has 0 aliphatic carbocycles. The monoisotopic (exact) mass is 362 g/mol. The topological polar surface area (TPSA) is 84.5 Å². The van der Waals surface area contributed by atoms with Gasteiger partial charge < -0.3 is 15.4 Å². The number of sulfone groups is 1. The largest absolute Gasteiger partial charge is 0.375 e. The Bertz CT molecular complexity index is 613. The third kappa shape index (κ3) is 6.10. The number of ether oxygens (including phenoxy) is 1. The van der Waals surface area contributed by atoms with Gasteiger partial charge in [-0.15, -0.1) is 12.4 Å². The minimum atomic E-state index is -3.20. The summed E-state index contributed by atoms with van der Waals surface area (Å²) in [6.45, 7) is 4.00. The van der Waals surface area contributed by atoms with Crippen LogP contribution < -0.4 is 10.6 Å². The van der Waals surface area contributed by atoms with Crippen LogP contribution >= 0.6 is 12.4 Å². The first-order valence-electron chi connectivity index (χ1n) is 7.28. The van der Waals surface area contributed by atoms with Gasteiger partial charge >= 0.3 is 0 Å². The van der Waals surface area contributed by atoms with Crippen LogP contribution in [0.1, 0.15) is 24.9 Å². The summed E-state index contributed by atoms with van der Waals surface area (Å²) in [5.74, 6) is -0.0756. The van der Waals surface area contributed by atoms with E-state index in [0.717, 1.165) is 12.1 Å². The van der Waals surface area contributed by atoms with Crippen LogP contribution in [-0.2, 0) is 19.4 Å². The van der Waals surface area contributed by atoms with Crippen LogP contribution in [-0.4, -0.2) is 46.4 Å². The molecule has 2 unspecified atom stereocenters. The number of amides is 1. The normalized spacial score (nSPS) is 19.5. The highest BCUT2D eigenvalue weighted by molar-refractivity contribution is 7.90. The van der Waals surface area contributed by atoms with Crippen molar-refractivity contribution in [1.82, 2.24) is 10.6 Å².